The quantitative estimate of drug-likeness (QED) is 0.143. The molecule has 0 aliphatic carbocycles. The summed E-state index contributed by atoms with van der Waals surface area (Å²) in [5, 5.41) is 20.2. The summed E-state index contributed by atoms with van der Waals surface area (Å²) < 4.78 is 30.3. The third kappa shape index (κ3) is 8.73. The highest BCUT2D eigenvalue weighted by atomic mass is 32.5. The second-order valence-electron chi connectivity index (χ2n) is 10.00. The summed E-state index contributed by atoms with van der Waals surface area (Å²) in [6, 6.07) is 2.85. The molecule has 2 aliphatic rings. The number of nitrogen functional groups attached to an aromatic ring is 2. The zero-order valence-electron chi connectivity index (χ0n) is 22.9. The molecule has 17 nitrogen and oxygen atoms in total. The lowest BCUT2D eigenvalue weighted by Crippen LogP contribution is -2.28. The van der Waals surface area contributed by atoms with E-state index in [0.29, 0.717) is 0 Å². The molecule has 0 saturated carbocycles. The van der Waals surface area contributed by atoms with Crippen molar-refractivity contribution in [2.24, 2.45) is 0 Å². The molecule has 9 unspecified atom stereocenters. The van der Waals surface area contributed by atoms with E-state index in [1.807, 2.05) is 0 Å². The second-order valence-corrected chi connectivity index (χ2v) is 16.4. The Bertz CT molecular complexity index is 1500. The number of hydrogen-bond acceptors (Lipinski definition) is 15. The number of nitrogens with two attached hydrogens (primary N) is 2. The van der Waals surface area contributed by atoms with Gasteiger partial charge < -0.3 is 54.5 Å². The van der Waals surface area contributed by atoms with Gasteiger partial charge in [-0.15, -0.1) is 0 Å². The Morgan fingerprint density at radius 2 is 1.58 bits per heavy atom. The predicted octanol–water partition coefficient (Wildman–Crippen LogP) is -0.692. The molecule has 8 N–H and O–H groups in total. The van der Waals surface area contributed by atoms with Crippen molar-refractivity contribution in [3.05, 3.63) is 45.5 Å². The molecule has 0 radical (unpaired) electrons. The van der Waals surface area contributed by atoms with Crippen LogP contribution in [0.1, 0.15) is 38.6 Å². The van der Waals surface area contributed by atoms with E-state index in [-0.39, 0.29) is 44.1 Å². The van der Waals surface area contributed by atoms with Gasteiger partial charge in [-0.3, -0.25) is 9.13 Å². The second kappa shape index (κ2) is 14.2. The fourth-order valence-electron chi connectivity index (χ4n) is 4.64. The number of aromatic nitrogens is 4. The van der Waals surface area contributed by atoms with Crippen LogP contribution in [0.15, 0.2) is 34.1 Å². The number of ether oxygens (including phenoxy) is 2. The summed E-state index contributed by atoms with van der Waals surface area (Å²) in [5.41, 5.74) is 8.98. The van der Waals surface area contributed by atoms with E-state index in [0.717, 1.165) is 0 Å². The van der Waals surface area contributed by atoms with E-state index >= 15 is 0 Å². The summed E-state index contributed by atoms with van der Waals surface area (Å²) in [4.78, 5) is 53.1. The molecule has 2 fully saturated rings. The van der Waals surface area contributed by atoms with Crippen LogP contribution in [0.4, 0.5) is 11.6 Å². The number of anilines is 2. The van der Waals surface area contributed by atoms with E-state index in [1.165, 1.54) is 33.7 Å². The zero-order chi connectivity index (χ0) is 31.5. The highest BCUT2D eigenvalue weighted by Crippen LogP contribution is 2.56. The fraction of sp³-hybridized carbons (Fsp3) is 0.636. The Morgan fingerprint density at radius 1 is 1.02 bits per heavy atom. The Labute approximate surface area is 255 Å². The molecule has 0 bridgehead atoms. The predicted molar refractivity (Wildman–Crippen MR) is 160 cm³/mol. The number of aliphatic hydroxyl groups is 2. The monoisotopic (exact) mass is 684 g/mol. The normalized spacial score (nSPS) is 29.2. The average Bonchev–Trinajstić information content (AvgIpc) is 3.51. The molecule has 0 aromatic carbocycles. The van der Waals surface area contributed by atoms with Crippen molar-refractivity contribution in [1.29, 1.82) is 0 Å². The van der Waals surface area contributed by atoms with Crippen LogP contribution >= 0.6 is 13.2 Å². The maximum atomic E-state index is 12.2. The van der Waals surface area contributed by atoms with Crippen molar-refractivity contribution in [1.82, 2.24) is 19.1 Å². The van der Waals surface area contributed by atoms with Crippen LogP contribution in [-0.4, -0.2) is 89.0 Å². The largest absolute Gasteiger partial charge is 0.394 e. The molecule has 0 amide bonds. The molecular formula is C22H34N6O11P2S2. The van der Waals surface area contributed by atoms with Crippen LogP contribution in [0.3, 0.4) is 0 Å². The maximum Gasteiger partial charge on any atom is 0.351 e. The van der Waals surface area contributed by atoms with Crippen LogP contribution in [0.25, 0.3) is 0 Å². The van der Waals surface area contributed by atoms with Gasteiger partial charge in [0.25, 0.3) is 0 Å². The molecule has 4 rings (SSSR count). The summed E-state index contributed by atoms with van der Waals surface area (Å²) in [6.07, 6.45) is -1.98. The van der Waals surface area contributed by atoms with Gasteiger partial charge in [0.2, 0.25) is 0 Å². The van der Waals surface area contributed by atoms with Crippen LogP contribution in [-0.2, 0) is 46.7 Å². The Balaban J connectivity index is 1.24. The molecule has 240 valence electrons. The van der Waals surface area contributed by atoms with Gasteiger partial charge in [0.05, 0.1) is 43.8 Å². The number of rotatable bonds is 13. The minimum Gasteiger partial charge on any atom is -0.394 e. The topological polar surface area (TPSA) is 249 Å². The van der Waals surface area contributed by atoms with Crippen LogP contribution < -0.4 is 22.8 Å². The number of hydrogen-bond donors (Lipinski definition) is 6. The number of aliphatic hydroxyl groups excluding tert-OH is 2. The molecule has 2 saturated heterocycles. The molecule has 2 aromatic heterocycles. The first-order valence-corrected chi connectivity index (χ1v) is 18.4. The first kappa shape index (κ1) is 34.2. The van der Waals surface area contributed by atoms with Gasteiger partial charge in [-0.05, 0) is 49.1 Å². The SMILES string of the molecule is CC(CCOP(O)(=S)C1CC(n2ccc(N)nc2=O)OC1CO)OP(O)(=S)OCC1OC(n2ccc(N)nc2=O)CC1O. The van der Waals surface area contributed by atoms with Crippen molar-refractivity contribution in [3.8, 4) is 0 Å². The Morgan fingerprint density at radius 3 is 2.14 bits per heavy atom. The zero-order valence-corrected chi connectivity index (χ0v) is 26.3. The summed E-state index contributed by atoms with van der Waals surface area (Å²) in [7, 11) is 0. The molecule has 4 heterocycles. The van der Waals surface area contributed by atoms with Crippen LogP contribution in [0.5, 0.6) is 0 Å². The highest BCUT2D eigenvalue weighted by Gasteiger charge is 2.45. The number of nitrogens with zero attached hydrogens (tertiary/aromatic N) is 4. The molecule has 2 aliphatic heterocycles. The smallest absolute Gasteiger partial charge is 0.351 e. The third-order valence-corrected chi connectivity index (χ3v) is 11.6. The van der Waals surface area contributed by atoms with Crippen molar-refractivity contribution in [3.63, 3.8) is 0 Å². The summed E-state index contributed by atoms with van der Waals surface area (Å²) in [6.45, 7) is -6.56. The first-order chi connectivity index (χ1) is 20.2. The minimum atomic E-state index is -3.79. The summed E-state index contributed by atoms with van der Waals surface area (Å²) in [5.74, 6) is 0.0980. The van der Waals surface area contributed by atoms with Crippen molar-refractivity contribution in [2.75, 3.05) is 31.3 Å². The minimum absolute atomic E-state index is 0.0449. The van der Waals surface area contributed by atoms with Gasteiger partial charge in [0, 0.05) is 25.2 Å². The Hall–Kier alpha value is -1.70. The maximum absolute atomic E-state index is 12.2. The van der Waals surface area contributed by atoms with E-state index in [1.54, 1.807) is 6.92 Å². The van der Waals surface area contributed by atoms with E-state index in [2.05, 4.69) is 9.97 Å². The van der Waals surface area contributed by atoms with Crippen molar-refractivity contribution < 1.29 is 43.0 Å². The Kier molecular flexibility index (Phi) is 11.3. The van der Waals surface area contributed by atoms with Crippen molar-refractivity contribution >= 4 is 48.5 Å². The average molecular weight is 685 g/mol. The van der Waals surface area contributed by atoms with E-state index < -0.39 is 73.7 Å². The molecular weight excluding hydrogens is 650 g/mol. The first-order valence-electron chi connectivity index (χ1n) is 13.1. The van der Waals surface area contributed by atoms with Crippen LogP contribution in [0, 0.1) is 0 Å². The molecule has 0 spiro atoms. The third-order valence-electron chi connectivity index (χ3n) is 6.85. The standard InChI is InChI=1S/C22H34N6O11P2S2/c1-12(39-41(34,43)36-11-15-13(30)8-19(38-15)27-5-2-17(23)25-21(27)31)4-7-35-40(33,42)16-9-20(37-14(16)10-29)28-6-3-18(24)26-22(28)32/h2-3,5-6,12-16,19-20,29-30H,4,7-11H2,1H3,(H,33,42)(H,34,43)(H2,23,25,31)(H2,24,26,32). The molecule has 21 heteroatoms. The van der Waals surface area contributed by atoms with Crippen molar-refractivity contribution in [2.45, 2.75) is 68.7 Å². The summed E-state index contributed by atoms with van der Waals surface area (Å²) >= 11 is 10.5. The highest BCUT2D eigenvalue weighted by molar-refractivity contribution is 8.09. The van der Waals surface area contributed by atoms with Gasteiger partial charge in [-0.25, -0.2) is 9.59 Å². The fourth-order valence-corrected chi connectivity index (χ4v) is 8.70. The van der Waals surface area contributed by atoms with E-state index in [4.69, 9.17) is 58.1 Å². The lowest BCUT2D eigenvalue weighted by molar-refractivity contribution is -0.0446. The van der Waals surface area contributed by atoms with Crippen LogP contribution in [0.2, 0.25) is 0 Å². The molecule has 43 heavy (non-hydrogen) atoms. The lowest BCUT2D eigenvalue weighted by Gasteiger charge is -2.26. The van der Waals surface area contributed by atoms with E-state index in [9.17, 15) is 29.6 Å². The van der Waals surface area contributed by atoms with Gasteiger partial charge in [-0.1, -0.05) is 0 Å². The van der Waals surface area contributed by atoms with Gasteiger partial charge in [0.1, 0.15) is 30.2 Å². The van der Waals surface area contributed by atoms with Gasteiger partial charge in [0.15, 0.2) is 6.49 Å². The molecule has 9 atom stereocenters. The molecule has 2 aromatic rings. The van der Waals surface area contributed by atoms with Gasteiger partial charge >= 0.3 is 18.1 Å². The van der Waals surface area contributed by atoms with Gasteiger partial charge in [-0.2, -0.15) is 9.97 Å². The lowest BCUT2D eigenvalue weighted by atomic mass is 10.2.